The molecule has 0 aliphatic heterocycles. The second-order valence-electron chi connectivity index (χ2n) is 4.05. The molecule has 1 aromatic carbocycles. The molecule has 0 aliphatic carbocycles. The number of halogens is 1. The maximum absolute atomic E-state index is 13.6. The predicted octanol–water partition coefficient (Wildman–Crippen LogP) is 2.79. The largest absolute Gasteiger partial charge is 0.384 e. The van der Waals surface area contributed by atoms with E-state index in [4.69, 9.17) is 5.11 Å². The van der Waals surface area contributed by atoms with E-state index in [1.807, 2.05) is 0 Å². The molecule has 0 aliphatic rings. The van der Waals surface area contributed by atoms with Crippen LogP contribution in [0.2, 0.25) is 0 Å². The minimum absolute atomic E-state index is 0.187. The number of hydrogen-bond donors (Lipinski definition) is 2. The first-order valence-electron chi connectivity index (χ1n) is 5.86. The van der Waals surface area contributed by atoms with Crippen LogP contribution in [0.25, 0.3) is 0 Å². The highest BCUT2D eigenvalue weighted by molar-refractivity contribution is 7.10. The first kappa shape index (κ1) is 14.3. The van der Waals surface area contributed by atoms with Gasteiger partial charge in [0.2, 0.25) is 0 Å². The molecule has 102 valence electrons. The lowest BCUT2D eigenvalue weighted by molar-refractivity contribution is 0.102. The Kier molecular flexibility index (Phi) is 4.51. The average molecular weight is 289 g/mol. The molecule has 0 bridgehead atoms. The summed E-state index contributed by atoms with van der Waals surface area (Å²) in [4.78, 5) is 12.7. The van der Waals surface area contributed by atoms with Gasteiger partial charge in [0.1, 0.15) is 12.4 Å². The minimum atomic E-state index is -0.464. The monoisotopic (exact) mass is 289 g/mol. The number of thiophene rings is 1. The smallest absolute Gasteiger partial charge is 0.256 e. The number of aliphatic hydroxyl groups excluding tert-OH is 1. The second-order valence-corrected chi connectivity index (χ2v) is 4.96. The molecule has 0 atom stereocenters. The Bertz CT molecular complexity index is 677. The zero-order valence-electron chi connectivity index (χ0n) is 10.7. The average Bonchev–Trinajstić information content (AvgIpc) is 2.89. The Morgan fingerprint density at radius 3 is 3.00 bits per heavy atom. The number of rotatable bonds is 2. The fourth-order valence-corrected chi connectivity index (χ4v) is 2.38. The summed E-state index contributed by atoms with van der Waals surface area (Å²) in [5.41, 5.74) is 1.26. The second kappa shape index (κ2) is 6.33. The fraction of sp³-hybridized carbons (Fsp3) is 0.133. The molecular weight excluding hydrogens is 277 g/mol. The van der Waals surface area contributed by atoms with E-state index < -0.39 is 5.82 Å². The summed E-state index contributed by atoms with van der Waals surface area (Å²) in [5, 5.41) is 12.8. The van der Waals surface area contributed by atoms with Crippen LogP contribution in [0.3, 0.4) is 0 Å². The van der Waals surface area contributed by atoms with Crippen molar-refractivity contribution in [3.63, 3.8) is 0 Å². The van der Waals surface area contributed by atoms with Crippen molar-refractivity contribution in [2.24, 2.45) is 0 Å². The number of aryl methyl sites for hydroxylation is 1. The van der Waals surface area contributed by atoms with Gasteiger partial charge < -0.3 is 10.4 Å². The highest BCUT2D eigenvalue weighted by atomic mass is 32.1. The Hall–Kier alpha value is -2.16. The molecule has 0 unspecified atom stereocenters. The Balaban J connectivity index is 2.18. The van der Waals surface area contributed by atoms with Crippen molar-refractivity contribution >= 4 is 22.9 Å². The lowest BCUT2D eigenvalue weighted by Gasteiger charge is -2.08. The van der Waals surface area contributed by atoms with Gasteiger partial charge in [-0.2, -0.15) is 0 Å². The molecule has 1 aromatic heterocycles. The van der Waals surface area contributed by atoms with E-state index in [1.54, 1.807) is 30.5 Å². The summed E-state index contributed by atoms with van der Waals surface area (Å²) in [5.74, 6) is 4.38. The molecule has 0 spiro atoms. The van der Waals surface area contributed by atoms with Gasteiger partial charge >= 0.3 is 0 Å². The zero-order chi connectivity index (χ0) is 14.5. The van der Waals surface area contributed by atoms with Crippen LogP contribution in [0.1, 0.15) is 20.8 Å². The van der Waals surface area contributed by atoms with Gasteiger partial charge in [0, 0.05) is 5.38 Å². The van der Waals surface area contributed by atoms with Crippen molar-refractivity contribution in [1.29, 1.82) is 0 Å². The molecule has 2 N–H and O–H groups in total. The number of carbonyl (C=O) groups excluding carboxylic acids is 1. The van der Waals surface area contributed by atoms with Crippen molar-refractivity contribution in [2.45, 2.75) is 6.92 Å². The van der Waals surface area contributed by atoms with Gasteiger partial charge in [-0.3, -0.25) is 4.79 Å². The van der Waals surface area contributed by atoms with E-state index in [9.17, 15) is 9.18 Å². The van der Waals surface area contributed by atoms with E-state index in [1.165, 1.54) is 17.4 Å². The van der Waals surface area contributed by atoms with E-state index in [2.05, 4.69) is 17.2 Å². The number of aliphatic hydroxyl groups is 1. The molecule has 1 heterocycles. The van der Waals surface area contributed by atoms with Crippen LogP contribution < -0.4 is 5.32 Å². The number of hydrogen-bond acceptors (Lipinski definition) is 3. The maximum atomic E-state index is 13.6. The first-order chi connectivity index (χ1) is 9.61. The quantitative estimate of drug-likeness (QED) is 0.835. The van der Waals surface area contributed by atoms with Crippen LogP contribution in [-0.4, -0.2) is 17.6 Å². The molecule has 0 fully saturated rings. The van der Waals surface area contributed by atoms with Crippen LogP contribution in [-0.2, 0) is 0 Å². The molecule has 5 heteroatoms. The number of benzene rings is 1. The number of anilines is 1. The van der Waals surface area contributed by atoms with Gasteiger partial charge in [-0.05, 0) is 24.6 Å². The Morgan fingerprint density at radius 2 is 2.30 bits per heavy atom. The number of amides is 1. The van der Waals surface area contributed by atoms with Gasteiger partial charge in [-0.15, -0.1) is 11.3 Å². The summed E-state index contributed by atoms with van der Waals surface area (Å²) in [7, 11) is 0. The maximum Gasteiger partial charge on any atom is 0.256 e. The third kappa shape index (κ3) is 3.23. The number of nitrogens with one attached hydrogen (secondary N) is 1. The highest BCUT2D eigenvalue weighted by Gasteiger charge is 2.12. The van der Waals surface area contributed by atoms with Crippen LogP contribution in [0.15, 0.2) is 29.6 Å². The summed E-state index contributed by atoms with van der Waals surface area (Å²) < 4.78 is 13.6. The SMILES string of the molecule is Cc1cccc(F)c1NC(=O)c1csc(C#CCO)c1. The summed E-state index contributed by atoms with van der Waals surface area (Å²) in [6, 6.07) is 6.23. The van der Waals surface area contributed by atoms with Crippen molar-refractivity contribution in [3.05, 3.63) is 51.5 Å². The summed E-state index contributed by atoms with van der Waals surface area (Å²) in [6.45, 7) is 1.50. The molecule has 1 amide bonds. The molecule has 2 rings (SSSR count). The molecule has 0 saturated carbocycles. The first-order valence-corrected chi connectivity index (χ1v) is 6.74. The normalized spacial score (nSPS) is 9.75. The predicted molar refractivity (Wildman–Crippen MR) is 77.4 cm³/mol. The molecule has 3 nitrogen and oxygen atoms in total. The zero-order valence-corrected chi connectivity index (χ0v) is 11.6. The van der Waals surface area contributed by atoms with Crippen molar-refractivity contribution < 1.29 is 14.3 Å². The fourth-order valence-electron chi connectivity index (χ4n) is 1.62. The van der Waals surface area contributed by atoms with Gasteiger partial charge in [-0.25, -0.2) is 4.39 Å². The third-order valence-electron chi connectivity index (χ3n) is 2.61. The Morgan fingerprint density at radius 1 is 1.50 bits per heavy atom. The van der Waals surface area contributed by atoms with Crippen molar-refractivity contribution in [3.8, 4) is 11.8 Å². The number of carbonyl (C=O) groups is 1. The summed E-state index contributed by atoms with van der Waals surface area (Å²) in [6.07, 6.45) is 0. The molecule has 0 saturated heterocycles. The van der Waals surface area contributed by atoms with E-state index in [-0.39, 0.29) is 18.2 Å². The van der Waals surface area contributed by atoms with Gasteiger partial charge in [0.15, 0.2) is 0 Å². The van der Waals surface area contributed by atoms with Crippen LogP contribution >= 0.6 is 11.3 Å². The topological polar surface area (TPSA) is 49.3 Å². The van der Waals surface area contributed by atoms with E-state index in [0.717, 1.165) is 0 Å². The number of para-hydroxylation sites is 1. The summed E-state index contributed by atoms with van der Waals surface area (Å²) >= 11 is 1.30. The molecular formula is C15H12FNO2S. The van der Waals surface area contributed by atoms with E-state index in [0.29, 0.717) is 16.0 Å². The molecule has 20 heavy (non-hydrogen) atoms. The van der Waals surface area contributed by atoms with Crippen molar-refractivity contribution in [1.82, 2.24) is 0 Å². The van der Waals surface area contributed by atoms with Crippen LogP contribution in [0.5, 0.6) is 0 Å². The molecule has 2 aromatic rings. The minimum Gasteiger partial charge on any atom is -0.384 e. The third-order valence-corrected chi connectivity index (χ3v) is 3.46. The van der Waals surface area contributed by atoms with Gasteiger partial charge in [0.05, 0.1) is 16.1 Å². The highest BCUT2D eigenvalue weighted by Crippen LogP contribution is 2.21. The van der Waals surface area contributed by atoms with Crippen LogP contribution in [0, 0.1) is 24.6 Å². The van der Waals surface area contributed by atoms with Crippen LogP contribution in [0.4, 0.5) is 10.1 Å². The standard InChI is InChI=1S/C15H12FNO2S/c1-10-4-2-6-13(16)14(10)17-15(19)11-8-12(20-9-11)5-3-7-18/h2,4,6,8-9,18H,7H2,1H3,(H,17,19). The lowest BCUT2D eigenvalue weighted by atomic mass is 10.2. The molecule has 0 radical (unpaired) electrons. The van der Waals surface area contributed by atoms with Crippen molar-refractivity contribution in [2.75, 3.05) is 11.9 Å². The lowest BCUT2D eigenvalue weighted by Crippen LogP contribution is -2.13. The van der Waals surface area contributed by atoms with E-state index >= 15 is 0 Å². The van der Waals surface area contributed by atoms with Gasteiger partial charge in [0.25, 0.3) is 5.91 Å². The van der Waals surface area contributed by atoms with Gasteiger partial charge in [-0.1, -0.05) is 24.0 Å². The Labute approximate surface area is 120 Å².